The molecule has 106 valence electrons. The Labute approximate surface area is 117 Å². The molecule has 1 unspecified atom stereocenters. The minimum absolute atomic E-state index is 0.173. The molecule has 2 aromatic rings. The summed E-state index contributed by atoms with van der Waals surface area (Å²) >= 11 is 0. The second-order valence-electron chi connectivity index (χ2n) is 4.63. The van der Waals surface area contributed by atoms with Crippen molar-refractivity contribution in [2.75, 3.05) is 6.61 Å². The first-order valence-electron chi connectivity index (χ1n) is 6.58. The Hall–Kier alpha value is -2.14. The average molecular weight is 274 g/mol. The molecule has 0 fully saturated rings. The number of carbonyl (C=O) groups excluding carboxylic acids is 1. The van der Waals surface area contributed by atoms with E-state index in [1.807, 2.05) is 24.3 Å². The number of nitrogens with one attached hydrogen (secondary N) is 1. The van der Waals surface area contributed by atoms with E-state index in [1.54, 1.807) is 13.0 Å². The van der Waals surface area contributed by atoms with Crippen LogP contribution in [-0.2, 0) is 6.42 Å². The predicted octanol–water partition coefficient (Wildman–Crippen LogP) is 2.01. The lowest BCUT2D eigenvalue weighted by molar-refractivity contribution is 0.0907. The Kier molecular flexibility index (Phi) is 4.53. The quantitative estimate of drug-likeness (QED) is 0.874. The minimum atomic E-state index is -0.453. The molecule has 0 bridgehead atoms. The van der Waals surface area contributed by atoms with Crippen LogP contribution >= 0.6 is 0 Å². The van der Waals surface area contributed by atoms with Crippen molar-refractivity contribution in [3.05, 3.63) is 52.9 Å². The molecule has 0 aliphatic rings. The van der Waals surface area contributed by atoms with E-state index < -0.39 is 6.04 Å². The smallest absolute Gasteiger partial charge is 0.274 e. The van der Waals surface area contributed by atoms with Gasteiger partial charge in [0.1, 0.15) is 5.76 Å². The van der Waals surface area contributed by atoms with Crippen LogP contribution in [0.3, 0.4) is 0 Å². The molecule has 1 atom stereocenters. The Morgan fingerprint density at radius 2 is 2.10 bits per heavy atom. The molecule has 0 radical (unpaired) electrons. The topological polar surface area (TPSA) is 75.4 Å². The van der Waals surface area contributed by atoms with Crippen LogP contribution in [0.2, 0.25) is 0 Å². The van der Waals surface area contributed by atoms with Crippen LogP contribution in [0.1, 0.15) is 40.3 Å². The third-order valence-electron chi connectivity index (χ3n) is 3.14. The van der Waals surface area contributed by atoms with Gasteiger partial charge in [-0.3, -0.25) is 4.79 Å². The zero-order valence-electron chi connectivity index (χ0n) is 11.6. The Morgan fingerprint density at radius 3 is 2.60 bits per heavy atom. The summed E-state index contributed by atoms with van der Waals surface area (Å²) in [4.78, 5) is 12.0. The third kappa shape index (κ3) is 3.24. The van der Waals surface area contributed by atoms with Crippen molar-refractivity contribution in [3.8, 4) is 0 Å². The largest absolute Gasteiger partial charge is 0.394 e. The number of benzene rings is 1. The third-order valence-corrected chi connectivity index (χ3v) is 3.14. The van der Waals surface area contributed by atoms with Crippen LogP contribution in [0, 0.1) is 6.92 Å². The van der Waals surface area contributed by atoms with Gasteiger partial charge in [0.2, 0.25) is 0 Å². The van der Waals surface area contributed by atoms with E-state index in [0.29, 0.717) is 5.76 Å². The molecule has 5 heteroatoms. The maximum atomic E-state index is 12.0. The first-order valence-corrected chi connectivity index (χ1v) is 6.58. The summed E-state index contributed by atoms with van der Waals surface area (Å²) in [6.07, 6.45) is 0.953. The normalized spacial score (nSPS) is 12.2. The predicted molar refractivity (Wildman–Crippen MR) is 74.4 cm³/mol. The molecule has 1 aromatic carbocycles. The Morgan fingerprint density at radius 1 is 1.40 bits per heavy atom. The Balaban J connectivity index is 2.09. The molecule has 0 saturated heterocycles. The monoisotopic (exact) mass is 274 g/mol. The number of hydrogen-bond donors (Lipinski definition) is 2. The number of aryl methyl sites for hydroxylation is 2. The van der Waals surface area contributed by atoms with Gasteiger partial charge < -0.3 is 14.9 Å². The molecule has 0 aliphatic heterocycles. The maximum absolute atomic E-state index is 12.0. The van der Waals surface area contributed by atoms with Crippen molar-refractivity contribution in [2.24, 2.45) is 0 Å². The summed E-state index contributed by atoms with van der Waals surface area (Å²) in [7, 11) is 0. The highest BCUT2D eigenvalue weighted by atomic mass is 16.5. The summed E-state index contributed by atoms with van der Waals surface area (Å²) in [6.45, 7) is 3.62. The first kappa shape index (κ1) is 14.3. The molecule has 2 N–H and O–H groups in total. The van der Waals surface area contributed by atoms with Crippen LogP contribution < -0.4 is 5.32 Å². The van der Waals surface area contributed by atoms with Gasteiger partial charge in [0.25, 0.3) is 5.91 Å². The Bertz CT molecular complexity index is 575. The highest BCUT2D eigenvalue weighted by Crippen LogP contribution is 2.15. The summed E-state index contributed by atoms with van der Waals surface area (Å²) in [5, 5.41) is 15.8. The molecule has 20 heavy (non-hydrogen) atoms. The molecule has 2 rings (SSSR count). The minimum Gasteiger partial charge on any atom is -0.394 e. The highest BCUT2D eigenvalue weighted by Gasteiger charge is 2.17. The van der Waals surface area contributed by atoms with E-state index in [4.69, 9.17) is 4.52 Å². The summed E-state index contributed by atoms with van der Waals surface area (Å²) < 4.78 is 4.86. The molecule has 0 saturated carbocycles. The number of hydrogen-bond acceptors (Lipinski definition) is 4. The van der Waals surface area contributed by atoms with E-state index in [2.05, 4.69) is 17.4 Å². The molecule has 0 aliphatic carbocycles. The zero-order chi connectivity index (χ0) is 14.5. The fourth-order valence-electron chi connectivity index (χ4n) is 1.93. The van der Waals surface area contributed by atoms with Gasteiger partial charge in [0, 0.05) is 6.07 Å². The number of rotatable bonds is 5. The van der Waals surface area contributed by atoms with Crippen LogP contribution in [0.5, 0.6) is 0 Å². The average Bonchev–Trinajstić information content (AvgIpc) is 2.91. The first-order chi connectivity index (χ1) is 9.63. The fraction of sp³-hybridized carbons (Fsp3) is 0.333. The van der Waals surface area contributed by atoms with Gasteiger partial charge in [0.15, 0.2) is 5.69 Å². The molecule has 1 aromatic heterocycles. The molecule has 0 spiro atoms. The van der Waals surface area contributed by atoms with Crippen LogP contribution in [-0.4, -0.2) is 22.8 Å². The number of amides is 1. The summed E-state index contributed by atoms with van der Waals surface area (Å²) in [5.41, 5.74) is 2.29. The van der Waals surface area contributed by atoms with E-state index in [9.17, 15) is 9.90 Å². The van der Waals surface area contributed by atoms with Crippen molar-refractivity contribution < 1.29 is 14.4 Å². The van der Waals surface area contributed by atoms with E-state index in [0.717, 1.165) is 12.0 Å². The lowest BCUT2D eigenvalue weighted by Crippen LogP contribution is -2.31. The number of aliphatic hydroxyl groups excluding tert-OH is 1. The van der Waals surface area contributed by atoms with Gasteiger partial charge in [-0.15, -0.1) is 0 Å². The van der Waals surface area contributed by atoms with Crippen LogP contribution in [0.4, 0.5) is 0 Å². The lowest BCUT2D eigenvalue weighted by Gasteiger charge is -2.16. The number of carbonyl (C=O) groups is 1. The van der Waals surface area contributed by atoms with Gasteiger partial charge in [-0.25, -0.2) is 0 Å². The highest BCUT2D eigenvalue weighted by molar-refractivity contribution is 5.92. The summed E-state index contributed by atoms with van der Waals surface area (Å²) in [5.74, 6) is 0.212. The molecular formula is C15H18N2O3. The van der Waals surface area contributed by atoms with Crippen molar-refractivity contribution in [2.45, 2.75) is 26.3 Å². The fourth-order valence-corrected chi connectivity index (χ4v) is 1.93. The van der Waals surface area contributed by atoms with Crippen molar-refractivity contribution in [1.82, 2.24) is 10.5 Å². The molecule has 1 amide bonds. The second kappa shape index (κ2) is 6.34. The molecular weight excluding hydrogens is 256 g/mol. The van der Waals surface area contributed by atoms with Gasteiger partial charge >= 0.3 is 0 Å². The van der Waals surface area contributed by atoms with Gasteiger partial charge in [-0.05, 0) is 24.5 Å². The number of aromatic nitrogens is 1. The van der Waals surface area contributed by atoms with Crippen molar-refractivity contribution in [1.29, 1.82) is 0 Å². The standard InChI is InChI=1S/C15H18N2O3/c1-3-11-4-6-12(7-5-11)14(9-18)16-15(19)13-8-10(2)20-17-13/h4-8,14,18H,3,9H2,1-2H3,(H,16,19). The van der Waals surface area contributed by atoms with Gasteiger partial charge in [-0.2, -0.15) is 0 Å². The van der Waals surface area contributed by atoms with Gasteiger partial charge in [0.05, 0.1) is 12.6 Å². The van der Waals surface area contributed by atoms with E-state index in [1.165, 1.54) is 5.56 Å². The zero-order valence-corrected chi connectivity index (χ0v) is 11.6. The van der Waals surface area contributed by atoms with Crippen LogP contribution in [0.15, 0.2) is 34.9 Å². The van der Waals surface area contributed by atoms with E-state index >= 15 is 0 Å². The SMILES string of the molecule is CCc1ccc(C(CO)NC(=O)c2cc(C)on2)cc1. The van der Waals surface area contributed by atoms with E-state index in [-0.39, 0.29) is 18.2 Å². The second-order valence-corrected chi connectivity index (χ2v) is 4.63. The lowest BCUT2D eigenvalue weighted by atomic mass is 10.0. The molecule has 1 heterocycles. The maximum Gasteiger partial charge on any atom is 0.274 e. The van der Waals surface area contributed by atoms with Crippen molar-refractivity contribution in [3.63, 3.8) is 0 Å². The summed E-state index contributed by atoms with van der Waals surface area (Å²) in [6, 6.07) is 8.91. The van der Waals surface area contributed by atoms with Crippen LogP contribution in [0.25, 0.3) is 0 Å². The number of nitrogens with zero attached hydrogens (tertiary/aromatic N) is 1. The molecule has 5 nitrogen and oxygen atoms in total. The van der Waals surface area contributed by atoms with Crippen molar-refractivity contribution >= 4 is 5.91 Å². The van der Waals surface area contributed by atoms with Gasteiger partial charge in [-0.1, -0.05) is 36.3 Å². The number of aliphatic hydroxyl groups is 1.